The minimum absolute atomic E-state index is 0.463. The molecule has 0 fully saturated rings. The number of hydrogen-bond acceptors (Lipinski definition) is 5. The molecule has 0 aromatic carbocycles. The standard InChI is InChI=1S/C6H4BrN3OS/c1-3-4(12-2-8-3)5-9-6(7)10-11-5/h2H,1H3. The molecule has 2 heterocycles. The van der Waals surface area contributed by atoms with Gasteiger partial charge in [-0.2, -0.15) is 4.98 Å². The third kappa shape index (κ3) is 1.27. The molecular formula is C6H4BrN3OS. The largest absolute Gasteiger partial charge is 0.332 e. The Labute approximate surface area is 80.8 Å². The van der Waals surface area contributed by atoms with Gasteiger partial charge in [0.25, 0.3) is 5.89 Å². The molecule has 2 aromatic heterocycles. The van der Waals surface area contributed by atoms with E-state index in [1.165, 1.54) is 11.3 Å². The Morgan fingerprint density at radius 1 is 1.58 bits per heavy atom. The fraction of sp³-hybridized carbons (Fsp3) is 0.167. The maximum absolute atomic E-state index is 4.95. The Balaban J connectivity index is 2.50. The number of aromatic nitrogens is 3. The van der Waals surface area contributed by atoms with E-state index in [1.807, 2.05) is 6.92 Å². The van der Waals surface area contributed by atoms with Gasteiger partial charge in [-0.25, -0.2) is 4.98 Å². The van der Waals surface area contributed by atoms with Crippen LogP contribution >= 0.6 is 27.3 Å². The number of aryl methyl sites for hydroxylation is 1. The summed E-state index contributed by atoms with van der Waals surface area (Å²) in [4.78, 5) is 9.03. The highest BCUT2D eigenvalue weighted by atomic mass is 79.9. The second-order valence-corrected chi connectivity index (χ2v) is 3.70. The van der Waals surface area contributed by atoms with Gasteiger partial charge in [0.2, 0.25) is 4.73 Å². The Morgan fingerprint density at radius 2 is 2.42 bits per heavy atom. The van der Waals surface area contributed by atoms with Crippen LogP contribution in [0.2, 0.25) is 0 Å². The van der Waals surface area contributed by atoms with Gasteiger partial charge in [0.15, 0.2) is 0 Å². The molecule has 2 aromatic rings. The number of hydrogen-bond donors (Lipinski definition) is 0. The van der Waals surface area contributed by atoms with E-state index < -0.39 is 0 Å². The Morgan fingerprint density at radius 3 is 2.92 bits per heavy atom. The highest BCUT2D eigenvalue weighted by molar-refractivity contribution is 9.10. The lowest BCUT2D eigenvalue weighted by atomic mass is 10.4. The summed E-state index contributed by atoms with van der Waals surface area (Å²) < 4.78 is 5.42. The van der Waals surface area contributed by atoms with E-state index in [9.17, 15) is 0 Å². The first-order valence-corrected chi connectivity index (χ1v) is 4.84. The molecule has 0 bridgehead atoms. The van der Waals surface area contributed by atoms with Crippen molar-refractivity contribution in [1.29, 1.82) is 0 Å². The minimum atomic E-state index is 0.463. The molecule has 0 saturated carbocycles. The van der Waals surface area contributed by atoms with Crippen LogP contribution in [0.1, 0.15) is 5.69 Å². The molecule has 0 aliphatic heterocycles. The van der Waals surface area contributed by atoms with Crippen molar-refractivity contribution in [2.24, 2.45) is 0 Å². The molecule has 0 N–H and O–H groups in total. The summed E-state index contributed by atoms with van der Waals surface area (Å²) in [6.07, 6.45) is 0. The number of halogens is 1. The van der Waals surface area contributed by atoms with Crippen molar-refractivity contribution in [1.82, 2.24) is 15.1 Å². The molecule has 2 rings (SSSR count). The van der Waals surface area contributed by atoms with Crippen molar-refractivity contribution in [2.75, 3.05) is 0 Å². The monoisotopic (exact) mass is 245 g/mol. The van der Waals surface area contributed by atoms with Gasteiger partial charge < -0.3 is 4.52 Å². The summed E-state index contributed by atoms with van der Waals surface area (Å²) in [6, 6.07) is 0. The number of nitrogens with zero attached hydrogens (tertiary/aromatic N) is 3. The van der Waals surface area contributed by atoms with Gasteiger partial charge in [0.05, 0.1) is 11.2 Å². The molecule has 62 valence electrons. The first-order chi connectivity index (χ1) is 5.77. The maximum atomic E-state index is 4.95. The van der Waals surface area contributed by atoms with Crippen LogP contribution in [0.4, 0.5) is 0 Å². The van der Waals surface area contributed by atoms with Gasteiger partial charge >= 0.3 is 0 Å². The smallest absolute Gasteiger partial charge is 0.270 e. The lowest BCUT2D eigenvalue weighted by Gasteiger charge is -1.85. The normalized spacial score (nSPS) is 10.5. The molecule has 0 aliphatic carbocycles. The second kappa shape index (κ2) is 2.95. The summed E-state index contributed by atoms with van der Waals surface area (Å²) in [5.74, 6) is 0.516. The first kappa shape index (κ1) is 7.88. The molecule has 6 heteroatoms. The summed E-state index contributed by atoms with van der Waals surface area (Å²) in [6.45, 7) is 1.91. The van der Waals surface area contributed by atoms with Crippen LogP contribution in [0.5, 0.6) is 0 Å². The van der Waals surface area contributed by atoms with Gasteiger partial charge in [-0.05, 0) is 28.0 Å². The summed E-state index contributed by atoms with van der Waals surface area (Å²) in [5.41, 5.74) is 2.67. The van der Waals surface area contributed by atoms with E-state index in [0.29, 0.717) is 10.6 Å². The molecule has 12 heavy (non-hydrogen) atoms. The van der Waals surface area contributed by atoms with E-state index in [0.717, 1.165) is 10.6 Å². The predicted molar refractivity (Wildman–Crippen MR) is 47.8 cm³/mol. The summed E-state index contributed by atoms with van der Waals surface area (Å²) in [5, 5.41) is 3.62. The molecule has 0 atom stereocenters. The van der Waals surface area contributed by atoms with Crippen molar-refractivity contribution < 1.29 is 4.52 Å². The van der Waals surface area contributed by atoms with Crippen LogP contribution in [-0.4, -0.2) is 15.1 Å². The average Bonchev–Trinajstić information content (AvgIpc) is 2.58. The summed E-state index contributed by atoms with van der Waals surface area (Å²) in [7, 11) is 0. The minimum Gasteiger partial charge on any atom is -0.332 e. The van der Waals surface area contributed by atoms with E-state index >= 15 is 0 Å². The van der Waals surface area contributed by atoms with Crippen LogP contribution < -0.4 is 0 Å². The molecule has 0 aliphatic rings. The molecule has 0 spiro atoms. The molecule has 0 saturated heterocycles. The van der Waals surface area contributed by atoms with Crippen molar-refractivity contribution in [2.45, 2.75) is 6.92 Å². The fourth-order valence-electron chi connectivity index (χ4n) is 0.805. The van der Waals surface area contributed by atoms with Gasteiger partial charge in [-0.15, -0.1) is 11.3 Å². The lowest BCUT2D eigenvalue weighted by molar-refractivity contribution is 0.427. The highest BCUT2D eigenvalue weighted by Crippen LogP contribution is 2.25. The third-order valence-electron chi connectivity index (χ3n) is 1.34. The number of rotatable bonds is 1. The molecule has 0 radical (unpaired) electrons. The van der Waals surface area contributed by atoms with Crippen LogP contribution in [0.15, 0.2) is 14.8 Å². The third-order valence-corrected chi connectivity index (χ3v) is 2.58. The SMILES string of the molecule is Cc1ncsc1-c1nc(Br)no1. The van der Waals surface area contributed by atoms with Crippen LogP contribution in [0.3, 0.4) is 0 Å². The predicted octanol–water partition coefficient (Wildman–Crippen LogP) is 2.26. The lowest BCUT2D eigenvalue weighted by Crippen LogP contribution is -1.76. The first-order valence-electron chi connectivity index (χ1n) is 3.17. The van der Waals surface area contributed by atoms with E-state index in [-0.39, 0.29) is 0 Å². The van der Waals surface area contributed by atoms with E-state index in [1.54, 1.807) is 5.51 Å². The van der Waals surface area contributed by atoms with Crippen molar-refractivity contribution >= 4 is 27.3 Å². The van der Waals surface area contributed by atoms with Crippen molar-refractivity contribution in [3.63, 3.8) is 0 Å². The van der Waals surface area contributed by atoms with Gasteiger partial charge in [0, 0.05) is 0 Å². The van der Waals surface area contributed by atoms with Crippen LogP contribution in [0, 0.1) is 6.92 Å². The van der Waals surface area contributed by atoms with Crippen LogP contribution in [-0.2, 0) is 0 Å². The Kier molecular flexibility index (Phi) is 1.93. The fourth-order valence-corrected chi connectivity index (χ4v) is 1.76. The average molecular weight is 246 g/mol. The highest BCUT2D eigenvalue weighted by Gasteiger charge is 2.11. The van der Waals surface area contributed by atoms with Gasteiger partial charge in [-0.1, -0.05) is 0 Å². The van der Waals surface area contributed by atoms with Gasteiger partial charge in [-0.3, -0.25) is 0 Å². The molecule has 0 amide bonds. The van der Waals surface area contributed by atoms with Crippen LogP contribution in [0.25, 0.3) is 10.8 Å². The summed E-state index contributed by atoms with van der Waals surface area (Å²) >= 11 is 4.60. The second-order valence-electron chi connectivity index (χ2n) is 2.14. The molecule has 4 nitrogen and oxygen atoms in total. The van der Waals surface area contributed by atoms with E-state index in [4.69, 9.17) is 4.52 Å². The topological polar surface area (TPSA) is 51.8 Å². The molecule has 0 unspecified atom stereocenters. The van der Waals surface area contributed by atoms with E-state index in [2.05, 4.69) is 31.1 Å². The molecular weight excluding hydrogens is 242 g/mol. The zero-order chi connectivity index (χ0) is 8.55. The van der Waals surface area contributed by atoms with Crippen molar-refractivity contribution in [3.05, 3.63) is 15.9 Å². The quantitative estimate of drug-likeness (QED) is 0.774. The Bertz CT molecular complexity index is 397. The zero-order valence-corrected chi connectivity index (χ0v) is 8.52. The maximum Gasteiger partial charge on any atom is 0.270 e. The van der Waals surface area contributed by atoms with Gasteiger partial charge in [0.1, 0.15) is 4.88 Å². The number of thiazole rings is 1. The zero-order valence-electron chi connectivity index (χ0n) is 6.11. The van der Waals surface area contributed by atoms with Crippen molar-refractivity contribution in [3.8, 4) is 10.8 Å². The Hall–Kier alpha value is -0.750.